The fourth-order valence-corrected chi connectivity index (χ4v) is 6.26. The number of hydrogen-bond donors (Lipinski definition) is 0. The maximum absolute atomic E-state index is 13.4. The fraction of sp³-hybridized carbons (Fsp3) is 0.286. The van der Waals surface area contributed by atoms with Crippen LogP contribution in [0.3, 0.4) is 0 Å². The van der Waals surface area contributed by atoms with Crippen molar-refractivity contribution in [2.75, 3.05) is 29.9 Å². The number of ether oxygens (including phenoxy) is 2. The lowest BCUT2D eigenvalue weighted by molar-refractivity contribution is 0.0603. The molecule has 0 spiro atoms. The predicted octanol–water partition coefficient (Wildman–Crippen LogP) is 3.54. The van der Waals surface area contributed by atoms with Crippen LogP contribution < -0.4 is 8.45 Å². The van der Waals surface area contributed by atoms with Crippen molar-refractivity contribution in [3.63, 3.8) is 0 Å². The van der Waals surface area contributed by atoms with Gasteiger partial charge < -0.3 is 13.9 Å². The van der Waals surface area contributed by atoms with E-state index in [0.29, 0.717) is 12.0 Å². The lowest BCUT2D eigenvalue weighted by atomic mass is 10.0. The molecule has 1 aromatic heterocycles. The zero-order chi connectivity index (χ0) is 24.6. The van der Waals surface area contributed by atoms with E-state index in [-0.39, 0.29) is 44.0 Å². The molecule has 9 nitrogen and oxygen atoms in total. The highest BCUT2D eigenvalue weighted by molar-refractivity contribution is 8.09. The number of anilines is 1. The highest BCUT2D eigenvalue weighted by atomic mass is 32.3. The molecule has 1 heterocycles. The van der Waals surface area contributed by atoms with Crippen molar-refractivity contribution >= 4 is 42.7 Å². The number of fused-ring (bicyclic) bond motifs is 1. The average Bonchev–Trinajstić information content (AvgIpc) is 3.08. The molecule has 0 fully saturated rings. The van der Waals surface area contributed by atoms with Crippen molar-refractivity contribution in [3.05, 3.63) is 47.8 Å². The maximum atomic E-state index is 13.4. The van der Waals surface area contributed by atoms with E-state index in [0.717, 1.165) is 12.5 Å². The Bertz CT molecular complexity index is 1380. The van der Waals surface area contributed by atoms with Crippen molar-refractivity contribution in [1.82, 2.24) is 0 Å². The minimum Gasteiger partial charge on any atom is -0.491 e. The number of methoxy groups -OCH3 is 1. The van der Waals surface area contributed by atoms with E-state index in [2.05, 4.69) is 0 Å². The molecule has 0 unspecified atom stereocenters. The first-order valence-corrected chi connectivity index (χ1v) is 13.4. The minimum atomic E-state index is -4.28. The maximum Gasteiger partial charge on any atom is 0.342 e. The minimum absolute atomic E-state index is 0.00253. The highest BCUT2D eigenvalue weighted by Gasteiger charge is 2.33. The van der Waals surface area contributed by atoms with Gasteiger partial charge in [-0.05, 0) is 36.8 Å². The highest BCUT2D eigenvalue weighted by Crippen LogP contribution is 2.42. The summed E-state index contributed by atoms with van der Waals surface area (Å²) in [5.41, 5.74) is 0.0635. The Labute approximate surface area is 190 Å². The fourth-order valence-electron chi connectivity index (χ4n) is 3.30. The summed E-state index contributed by atoms with van der Waals surface area (Å²) in [5, 5.41) is 0.206. The van der Waals surface area contributed by atoms with Gasteiger partial charge in [-0.3, -0.25) is 0 Å². The SMILES string of the molecule is CCCOc1cc2c(C(=O)OC)c(-c3ccc(F)cc3)oc2cc1N(S(C)(=O)=O)S(C)(=O)=O. The van der Waals surface area contributed by atoms with E-state index >= 15 is 0 Å². The van der Waals surface area contributed by atoms with E-state index in [1.54, 1.807) is 0 Å². The van der Waals surface area contributed by atoms with Gasteiger partial charge in [-0.2, -0.15) is 3.71 Å². The monoisotopic (exact) mass is 499 g/mol. The topological polar surface area (TPSA) is 120 Å². The van der Waals surface area contributed by atoms with E-state index in [4.69, 9.17) is 13.9 Å². The molecule has 0 amide bonds. The molecular weight excluding hydrogens is 477 g/mol. The molecule has 2 aromatic carbocycles. The standard InChI is InChI=1S/C21H22FNO8S2/c1-5-10-30-18-11-15-17(12-16(18)23(32(3,25)26)33(4,27)28)31-20(19(15)21(24)29-2)13-6-8-14(22)9-7-13/h6-9,11-12H,5,10H2,1-4H3. The smallest absolute Gasteiger partial charge is 0.342 e. The van der Waals surface area contributed by atoms with Gasteiger partial charge in [-0.15, -0.1) is 0 Å². The van der Waals surface area contributed by atoms with E-state index in [1.165, 1.54) is 43.5 Å². The van der Waals surface area contributed by atoms with Gasteiger partial charge in [-0.25, -0.2) is 26.0 Å². The molecule has 0 aliphatic rings. The second kappa shape index (κ2) is 9.02. The first kappa shape index (κ1) is 24.5. The summed E-state index contributed by atoms with van der Waals surface area (Å²) in [6, 6.07) is 7.65. The first-order chi connectivity index (χ1) is 15.4. The number of halogens is 1. The van der Waals surface area contributed by atoms with Crippen LogP contribution in [-0.2, 0) is 24.8 Å². The molecule has 0 N–H and O–H groups in total. The van der Waals surface area contributed by atoms with Gasteiger partial charge in [0.05, 0.1) is 26.2 Å². The van der Waals surface area contributed by atoms with Gasteiger partial charge in [0.1, 0.15) is 34.2 Å². The van der Waals surface area contributed by atoms with E-state index in [1.807, 2.05) is 6.92 Å². The third kappa shape index (κ3) is 4.96. The van der Waals surface area contributed by atoms with Crippen LogP contribution in [0.1, 0.15) is 23.7 Å². The number of furan rings is 1. The molecule has 0 saturated heterocycles. The third-order valence-electron chi connectivity index (χ3n) is 4.53. The number of rotatable bonds is 8. The average molecular weight is 500 g/mol. The Morgan fingerprint density at radius 1 is 1.06 bits per heavy atom. The summed E-state index contributed by atoms with van der Waals surface area (Å²) in [6.45, 7) is 1.96. The van der Waals surface area contributed by atoms with Crippen LogP contribution >= 0.6 is 0 Å². The van der Waals surface area contributed by atoms with Crippen molar-refractivity contribution in [2.24, 2.45) is 0 Å². The molecule has 0 atom stereocenters. The number of benzene rings is 2. The molecule has 0 aliphatic heterocycles. The number of hydrogen-bond acceptors (Lipinski definition) is 8. The molecule has 0 bridgehead atoms. The molecule has 0 aliphatic carbocycles. The molecule has 0 radical (unpaired) electrons. The lowest BCUT2D eigenvalue weighted by Crippen LogP contribution is -2.35. The van der Waals surface area contributed by atoms with Crippen LogP contribution in [0.2, 0.25) is 0 Å². The van der Waals surface area contributed by atoms with Crippen LogP contribution in [0, 0.1) is 5.82 Å². The van der Waals surface area contributed by atoms with Gasteiger partial charge in [-0.1, -0.05) is 6.92 Å². The summed E-state index contributed by atoms with van der Waals surface area (Å²) in [5.74, 6) is -1.30. The van der Waals surface area contributed by atoms with E-state index < -0.39 is 31.8 Å². The van der Waals surface area contributed by atoms with Crippen molar-refractivity contribution in [2.45, 2.75) is 13.3 Å². The van der Waals surface area contributed by atoms with Crippen LogP contribution in [-0.4, -0.2) is 49.0 Å². The number of carbonyl (C=O) groups is 1. The number of esters is 1. The summed E-state index contributed by atoms with van der Waals surface area (Å²) in [6.07, 6.45) is 2.03. The van der Waals surface area contributed by atoms with Crippen LogP contribution in [0.25, 0.3) is 22.3 Å². The Kier molecular flexibility index (Phi) is 6.70. The number of carbonyl (C=O) groups excluding carboxylic acids is 1. The summed E-state index contributed by atoms with van der Waals surface area (Å²) < 4.78 is 79.5. The van der Waals surface area contributed by atoms with Crippen LogP contribution in [0.5, 0.6) is 5.75 Å². The lowest BCUT2D eigenvalue weighted by Gasteiger charge is -2.22. The largest absolute Gasteiger partial charge is 0.491 e. The molecule has 178 valence electrons. The zero-order valence-electron chi connectivity index (χ0n) is 18.3. The summed E-state index contributed by atoms with van der Waals surface area (Å²) in [4.78, 5) is 12.6. The first-order valence-electron chi connectivity index (χ1n) is 9.66. The zero-order valence-corrected chi connectivity index (χ0v) is 19.9. The van der Waals surface area contributed by atoms with Gasteiger partial charge >= 0.3 is 5.97 Å². The van der Waals surface area contributed by atoms with Crippen LogP contribution in [0.4, 0.5) is 10.1 Å². The molecule has 0 saturated carbocycles. The second-order valence-corrected chi connectivity index (χ2v) is 11.1. The van der Waals surface area contributed by atoms with Gasteiger partial charge in [0.25, 0.3) is 0 Å². The second-order valence-electron chi connectivity index (χ2n) is 7.19. The molecular formula is C21H22FNO8S2. The Hall–Kier alpha value is -3.12. The quantitative estimate of drug-likeness (QED) is 0.432. The summed E-state index contributed by atoms with van der Waals surface area (Å²) >= 11 is 0. The van der Waals surface area contributed by atoms with Crippen molar-refractivity contribution in [1.29, 1.82) is 0 Å². The van der Waals surface area contributed by atoms with Crippen LogP contribution in [0.15, 0.2) is 40.8 Å². The molecule has 3 rings (SSSR count). The normalized spacial score (nSPS) is 12.0. The molecule has 3 aromatic rings. The Morgan fingerprint density at radius 2 is 1.67 bits per heavy atom. The molecule has 12 heteroatoms. The number of nitrogens with zero attached hydrogens (tertiary/aromatic N) is 1. The molecule has 33 heavy (non-hydrogen) atoms. The number of sulfonamides is 2. The summed E-state index contributed by atoms with van der Waals surface area (Å²) in [7, 11) is -7.39. The van der Waals surface area contributed by atoms with Crippen molar-refractivity contribution in [3.8, 4) is 17.1 Å². The van der Waals surface area contributed by atoms with Gasteiger partial charge in [0.2, 0.25) is 20.0 Å². The van der Waals surface area contributed by atoms with E-state index in [9.17, 15) is 26.0 Å². The third-order valence-corrected chi connectivity index (χ3v) is 7.75. The van der Waals surface area contributed by atoms with Gasteiger partial charge in [0.15, 0.2) is 0 Å². The Morgan fingerprint density at radius 3 is 2.18 bits per heavy atom. The van der Waals surface area contributed by atoms with Gasteiger partial charge in [0, 0.05) is 17.0 Å². The van der Waals surface area contributed by atoms with Crippen molar-refractivity contribution < 1.29 is 39.9 Å². The Balaban J connectivity index is 2.41. The predicted molar refractivity (Wildman–Crippen MR) is 121 cm³/mol.